The number of pyridine rings is 1. The molecule has 1 aliphatic rings. The van der Waals surface area contributed by atoms with Gasteiger partial charge in [-0.15, -0.1) is 0 Å². The molecule has 0 bridgehead atoms. The number of nitrogens with one attached hydrogen (secondary N) is 1. The molecule has 1 fully saturated rings. The first kappa shape index (κ1) is 15.2. The van der Waals surface area contributed by atoms with Crippen LogP contribution in [0.5, 0.6) is 0 Å². The number of rotatable bonds is 3. The molecule has 1 amide bonds. The van der Waals surface area contributed by atoms with Crippen molar-refractivity contribution in [2.45, 2.75) is 25.9 Å². The van der Waals surface area contributed by atoms with Gasteiger partial charge in [-0.3, -0.25) is 9.78 Å². The van der Waals surface area contributed by atoms with Crippen LogP contribution in [0.1, 0.15) is 18.4 Å². The molecule has 2 aromatic heterocycles. The van der Waals surface area contributed by atoms with E-state index in [4.69, 9.17) is 0 Å². The Balaban J connectivity index is 1.59. The van der Waals surface area contributed by atoms with Crippen LogP contribution in [-0.2, 0) is 4.79 Å². The summed E-state index contributed by atoms with van der Waals surface area (Å²) >= 11 is 1.44. The van der Waals surface area contributed by atoms with Crippen molar-refractivity contribution in [3.05, 3.63) is 42.2 Å². The van der Waals surface area contributed by atoms with Gasteiger partial charge in [0.2, 0.25) is 5.91 Å². The van der Waals surface area contributed by atoms with Gasteiger partial charge in [0.05, 0.1) is 10.2 Å². The molecule has 4 rings (SSSR count). The molecular weight excluding hydrogens is 325 g/mol. The Kier molecular flexibility index (Phi) is 3.76. The summed E-state index contributed by atoms with van der Waals surface area (Å²) in [5.41, 5.74) is 4.17. The highest BCUT2D eigenvalue weighted by Crippen LogP contribution is 2.34. The van der Waals surface area contributed by atoms with E-state index in [-0.39, 0.29) is 11.8 Å². The average molecular weight is 341 g/mol. The maximum atomic E-state index is 12.9. The monoisotopic (exact) mass is 341 g/mol. The first-order valence-electron chi connectivity index (χ1n) is 7.86. The predicted octanol–water partition coefficient (Wildman–Crippen LogP) is 4.35. The highest BCUT2D eigenvalue weighted by atomic mass is 32.1. The molecule has 2 heterocycles. The van der Waals surface area contributed by atoms with E-state index >= 15 is 0 Å². The van der Waals surface area contributed by atoms with E-state index in [1.807, 2.05) is 24.4 Å². The van der Waals surface area contributed by atoms with Gasteiger partial charge < -0.3 is 5.32 Å². The number of benzene rings is 1. The Morgan fingerprint density at radius 2 is 2.17 bits per heavy atom. The predicted molar refractivity (Wildman–Crippen MR) is 93.8 cm³/mol. The van der Waals surface area contributed by atoms with Crippen LogP contribution in [0.4, 0.5) is 9.52 Å². The maximum absolute atomic E-state index is 12.9. The van der Waals surface area contributed by atoms with Crippen molar-refractivity contribution in [1.29, 1.82) is 0 Å². The number of carbonyl (C=O) groups excluding carboxylic acids is 1. The van der Waals surface area contributed by atoms with Crippen molar-refractivity contribution in [2.75, 3.05) is 5.32 Å². The summed E-state index contributed by atoms with van der Waals surface area (Å²) in [5, 5.41) is 3.38. The zero-order valence-electron chi connectivity index (χ0n) is 13.1. The normalized spacial score (nSPS) is 19.9. The van der Waals surface area contributed by atoms with Gasteiger partial charge in [-0.2, -0.15) is 0 Å². The topological polar surface area (TPSA) is 54.9 Å². The van der Waals surface area contributed by atoms with E-state index in [9.17, 15) is 9.18 Å². The Bertz CT molecular complexity index is 918. The second kappa shape index (κ2) is 5.94. The van der Waals surface area contributed by atoms with Crippen molar-refractivity contribution in [3.8, 4) is 11.1 Å². The summed E-state index contributed by atoms with van der Waals surface area (Å²) in [5.74, 6) is -0.355. The highest BCUT2D eigenvalue weighted by Gasteiger charge is 2.34. The molecule has 0 radical (unpaired) electrons. The molecule has 0 spiro atoms. The van der Waals surface area contributed by atoms with Crippen LogP contribution in [0.15, 0.2) is 36.7 Å². The number of fused-ring (bicyclic) bond motifs is 1. The molecule has 1 saturated carbocycles. The second-order valence-electron chi connectivity index (χ2n) is 6.15. The number of halogens is 1. The van der Waals surface area contributed by atoms with Gasteiger partial charge >= 0.3 is 0 Å². The molecule has 3 aromatic rings. The molecule has 1 N–H and O–H groups in total. The van der Waals surface area contributed by atoms with Crippen LogP contribution in [0.3, 0.4) is 0 Å². The third-order valence-electron chi connectivity index (χ3n) is 4.42. The third-order valence-corrected chi connectivity index (χ3v) is 5.35. The number of nitrogens with zero attached hydrogens (tertiary/aromatic N) is 2. The first-order valence-corrected chi connectivity index (χ1v) is 8.68. The largest absolute Gasteiger partial charge is 0.302 e. The lowest BCUT2D eigenvalue weighted by Crippen LogP contribution is -2.35. The van der Waals surface area contributed by atoms with E-state index in [1.165, 1.54) is 11.3 Å². The van der Waals surface area contributed by atoms with Gasteiger partial charge in [-0.25, -0.2) is 9.37 Å². The fourth-order valence-electron chi connectivity index (χ4n) is 2.88. The zero-order valence-corrected chi connectivity index (χ0v) is 13.9. The van der Waals surface area contributed by atoms with Gasteiger partial charge in [0.25, 0.3) is 0 Å². The minimum atomic E-state index is -0.832. The average Bonchev–Trinajstić information content (AvgIpc) is 2.93. The summed E-state index contributed by atoms with van der Waals surface area (Å²) in [7, 11) is 0. The van der Waals surface area contributed by atoms with Crippen LogP contribution in [0, 0.1) is 12.8 Å². The fraction of sp³-hybridized carbons (Fsp3) is 0.278. The van der Waals surface area contributed by atoms with Crippen LogP contribution >= 0.6 is 11.3 Å². The van der Waals surface area contributed by atoms with E-state index < -0.39 is 6.17 Å². The SMILES string of the molecule is Cc1ccncc1-c1ccc2nc(NC(=O)C3CC(F)C3)sc2c1. The van der Waals surface area contributed by atoms with Crippen LogP contribution in [0.25, 0.3) is 21.3 Å². The maximum Gasteiger partial charge on any atom is 0.229 e. The molecule has 122 valence electrons. The lowest BCUT2D eigenvalue weighted by Gasteiger charge is -2.27. The summed E-state index contributed by atoms with van der Waals surface area (Å²) < 4.78 is 13.9. The zero-order chi connectivity index (χ0) is 16.7. The lowest BCUT2D eigenvalue weighted by molar-refractivity contribution is -0.124. The molecular formula is C18H16FN3OS. The Morgan fingerprint density at radius 3 is 2.92 bits per heavy atom. The van der Waals surface area contributed by atoms with Gasteiger partial charge in [-0.1, -0.05) is 17.4 Å². The fourth-order valence-corrected chi connectivity index (χ4v) is 3.79. The summed E-state index contributed by atoms with van der Waals surface area (Å²) in [6, 6.07) is 8.00. The standard InChI is InChI=1S/C18H16FN3OS/c1-10-4-5-20-9-14(10)11-2-3-15-16(8-11)24-18(21-15)22-17(23)12-6-13(19)7-12/h2-5,8-9,12-13H,6-7H2,1H3,(H,21,22,23). The molecule has 4 nitrogen and oxygen atoms in total. The van der Waals surface area contributed by atoms with Gasteiger partial charge in [0, 0.05) is 23.9 Å². The molecule has 0 atom stereocenters. The van der Waals surface area contributed by atoms with Crippen molar-refractivity contribution in [3.63, 3.8) is 0 Å². The number of hydrogen-bond donors (Lipinski definition) is 1. The number of hydrogen-bond acceptors (Lipinski definition) is 4. The van der Waals surface area contributed by atoms with Gasteiger partial charge in [0.1, 0.15) is 6.17 Å². The molecule has 6 heteroatoms. The van der Waals surface area contributed by atoms with Crippen molar-refractivity contribution in [1.82, 2.24) is 9.97 Å². The van der Waals surface area contributed by atoms with Crippen molar-refractivity contribution in [2.24, 2.45) is 5.92 Å². The molecule has 1 aliphatic carbocycles. The quantitative estimate of drug-likeness (QED) is 0.770. The van der Waals surface area contributed by atoms with Crippen LogP contribution in [0.2, 0.25) is 0 Å². The smallest absolute Gasteiger partial charge is 0.229 e. The molecule has 1 aromatic carbocycles. The summed E-state index contributed by atoms with van der Waals surface area (Å²) in [6.45, 7) is 2.05. The number of aromatic nitrogens is 2. The number of amides is 1. The second-order valence-corrected chi connectivity index (χ2v) is 7.18. The molecule has 24 heavy (non-hydrogen) atoms. The molecule has 0 aliphatic heterocycles. The Hall–Kier alpha value is -2.34. The lowest BCUT2D eigenvalue weighted by atomic mass is 9.83. The van der Waals surface area contributed by atoms with Crippen LogP contribution in [-0.4, -0.2) is 22.0 Å². The summed E-state index contributed by atoms with van der Waals surface area (Å²) in [6.07, 6.45) is 3.44. The number of anilines is 1. The Morgan fingerprint density at radius 1 is 1.33 bits per heavy atom. The number of carbonyl (C=O) groups is 1. The van der Waals surface area contributed by atoms with Crippen molar-refractivity contribution < 1.29 is 9.18 Å². The van der Waals surface area contributed by atoms with Crippen molar-refractivity contribution >= 4 is 32.6 Å². The van der Waals surface area contributed by atoms with Crippen LogP contribution < -0.4 is 5.32 Å². The van der Waals surface area contributed by atoms with E-state index in [1.54, 1.807) is 6.20 Å². The molecule has 0 unspecified atom stereocenters. The van der Waals surface area contributed by atoms with Gasteiger partial charge in [-0.05, 0) is 49.1 Å². The van der Waals surface area contributed by atoms with E-state index in [2.05, 4.69) is 28.3 Å². The third kappa shape index (κ3) is 2.78. The Labute approximate surface area is 142 Å². The minimum absolute atomic E-state index is 0.133. The molecule has 0 saturated heterocycles. The van der Waals surface area contributed by atoms with E-state index in [0.717, 1.165) is 26.9 Å². The number of aryl methyl sites for hydroxylation is 1. The highest BCUT2D eigenvalue weighted by molar-refractivity contribution is 7.22. The summed E-state index contributed by atoms with van der Waals surface area (Å²) in [4.78, 5) is 20.7. The van der Waals surface area contributed by atoms with E-state index in [0.29, 0.717) is 18.0 Å². The minimum Gasteiger partial charge on any atom is -0.302 e. The number of alkyl halides is 1. The number of thiazole rings is 1. The van der Waals surface area contributed by atoms with Gasteiger partial charge in [0.15, 0.2) is 5.13 Å². The first-order chi connectivity index (χ1) is 11.6.